The van der Waals surface area contributed by atoms with E-state index in [2.05, 4.69) is 4.98 Å². The molecule has 1 heterocycles. The van der Waals surface area contributed by atoms with Gasteiger partial charge in [-0.15, -0.1) is 24.8 Å². The van der Waals surface area contributed by atoms with Crippen molar-refractivity contribution in [3.05, 3.63) is 65.7 Å². The number of benzene rings is 1. The van der Waals surface area contributed by atoms with Crippen molar-refractivity contribution in [2.24, 2.45) is 5.73 Å². The highest BCUT2D eigenvalue weighted by Gasteiger charge is 2.15. The van der Waals surface area contributed by atoms with Gasteiger partial charge in [-0.25, -0.2) is 4.39 Å². The maximum atomic E-state index is 13.1. The van der Waals surface area contributed by atoms with Gasteiger partial charge in [-0.3, -0.25) is 9.78 Å². The summed E-state index contributed by atoms with van der Waals surface area (Å²) in [6, 6.07) is 12.0. The predicted molar refractivity (Wildman–Crippen MR) is 107 cm³/mol. The summed E-state index contributed by atoms with van der Waals surface area (Å²) in [6.45, 7) is 2.93. The molecule has 2 aromatic rings. The van der Waals surface area contributed by atoms with Gasteiger partial charge in [0, 0.05) is 43.9 Å². The SMILES string of the molecule is CC(N)CCC(=O)N(CCc1ccccn1)Cc1ccc(F)cc1.Cl.Cl. The summed E-state index contributed by atoms with van der Waals surface area (Å²) in [5.74, 6) is -0.213. The zero-order valence-corrected chi connectivity index (χ0v) is 16.4. The van der Waals surface area contributed by atoms with E-state index in [0.29, 0.717) is 32.4 Å². The highest BCUT2D eigenvalue weighted by atomic mass is 35.5. The van der Waals surface area contributed by atoms with Gasteiger partial charge in [-0.05, 0) is 43.2 Å². The van der Waals surface area contributed by atoms with Gasteiger partial charge >= 0.3 is 0 Å². The van der Waals surface area contributed by atoms with Crippen LogP contribution in [0.4, 0.5) is 4.39 Å². The molecule has 0 spiro atoms. The second kappa shape index (κ2) is 12.6. The van der Waals surface area contributed by atoms with Crippen LogP contribution >= 0.6 is 24.8 Å². The molecule has 0 aliphatic heterocycles. The van der Waals surface area contributed by atoms with Crippen molar-refractivity contribution < 1.29 is 9.18 Å². The minimum absolute atomic E-state index is 0. The first kappa shape index (κ1) is 24.3. The fraction of sp³-hybridized carbons (Fsp3) is 0.368. The van der Waals surface area contributed by atoms with E-state index in [1.54, 1.807) is 23.2 Å². The zero-order chi connectivity index (χ0) is 17.4. The number of rotatable bonds is 8. The Morgan fingerprint density at radius 3 is 2.46 bits per heavy atom. The van der Waals surface area contributed by atoms with Crippen molar-refractivity contribution in [3.8, 4) is 0 Å². The average molecular weight is 402 g/mol. The molecule has 7 heteroatoms. The van der Waals surface area contributed by atoms with Gasteiger partial charge in [0.05, 0.1) is 0 Å². The van der Waals surface area contributed by atoms with Crippen molar-refractivity contribution in [3.63, 3.8) is 0 Å². The number of hydrogen-bond donors (Lipinski definition) is 1. The number of nitrogens with zero attached hydrogens (tertiary/aromatic N) is 2. The monoisotopic (exact) mass is 401 g/mol. The Morgan fingerprint density at radius 2 is 1.88 bits per heavy atom. The number of amides is 1. The standard InChI is InChI=1S/C19H24FN3O.2ClH/c1-15(21)5-10-19(24)23(13-11-18-4-2-3-12-22-18)14-16-6-8-17(20)9-7-16;;/h2-4,6-9,12,15H,5,10-11,13-14,21H2,1H3;2*1H. The molecule has 0 saturated carbocycles. The zero-order valence-electron chi connectivity index (χ0n) is 14.8. The first-order valence-electron chi connectivity index (χ1n) is 8.22. The topological polar surface area (TPSA) is 59.2 Å². The highest BCUT2D eigenvalue weighted by molar-refractivity contribution is 5.85. The molecular formula is C19H26Cl2FN3O. The van der Waals surface area contributed by atoms with E-state index in [4.69, 9.17) is 5.73 Å². The Bertz CT molecular complexity index is 639. The molecule has 1 atom stereocenters. The van der Waals surface area contributed by atoms with Gasteiger partial charge < -0.3 is 10.6 Å². The molecule has 1 amide bonds. The van der Waals surface area contributed by atoms with Gasteiger partial charge in [0.25, 0.3) is 0 Å². The van der Waals surface area contributed by atoms with Crippen LogP contribution in [-0.4, -0.2) is 28.4 Å². The largest absolute Gasteiger partial charge is 0.338 e. The number of pyridine rings is 1. The molecule has 4 nitrogen and oxygen atoms in total. The van der Waals surface area contributed by atoms with Crippen molar-refractivity contribution in [2.45, 2.75) is 38.8 Å². The fourth-order valence-electron chi connectivity index (χ4n) is 2.41. The Kier molecular flexibility index (Phi) is 11.8. The lowest BCUT2D eigenvalue weighted by atomic mass is 10.1. The van der Waals surface area contributed by atoms with E-state index in [0.717, 1.165) is 11.3 Å². The van der Waals surface area contributed by atoms with Crippen LogP contribution in [0.25, 0.3) is 0 Å². The molecule has 0 saturated heterocycles. The molecule has 0 bridgehead atoms. The Balaban J connectivity index is 0.00000312. The molecule has 0 radical (unpaired) electrons. The van der Waals surface area contributed by atoms with Crippen LogP contribution in [0.2, 0.25) is 0 Å². The van der Waals surface area contributed by atoms with Crippen LogP contribution in [0, 0.1) is 5.82 Å². The van der Waals surface area contributed by atoms with Gasteiger partial charge in [0.2, 0.25) is 5.91 Å². The lowest BCUT2D eigenvalue weighted by Gasteiger charge is -2.23. The second-order valence-electron chi connectivity index (χ2n) is 6.03. The Hall–Kier alpha value is -1.69. The fourth-order valence-corrected chi connectivity index (χ4v) is 2.41. The van der Waals surface area contributed by atoms with Crippen LogP contribution < -0.4 is 5.73 Å². The number of carbonyl (C=O) groups excluding carboxylic acids is 1. The lowest BCUT2D eigenvalue weighted by Crippen LogP contribution is -2.33. The lowest BCUT2D eigenvalue weighted by molar-refractivity contribution is -0.132. The van der Waals surface area contributed by atoms with Gasteiger partial charge in [-0.2, -0.15) is 0 Å². The first-order valence-corrected chi connectivity index (χ1v) is 8.22. The van der Waals surface area contributed by atoms with E-state index < -0.39 is 0 Å². The molecule has 0 aliphatic carbocycles. The van der Waals surface area contributed by atoms with Crippen molar-refractivity contribution in [1.29, 1.82) is 0 Å². The molecule has 26 heavy (non-hydrogen) atoms. The summed E-state index contributed by atoms with van der Waals surface area (Å²) in [6.07, 6.45) is 3.51. The normalized spacial score (nSPS) is 11.0. The average Bonchev–Trinajstić information content (AvgIpc) is 2.59. The maximum absolute atomic E-state index is 13.1. The molecule has 1 aromatic heterocycles. The van der Waals surface area contributed by atoms with Crippen LogP contribution in [0.3, 0.4) is 0 Å². The number of aromatic nitrogens is 1. The van der Waals surface area contributed by atoms with Gasteiger partial charge in [-0.1, -0.05) is 18.2 Å². The number of nitrogens with two attached hydrogens (primary N) is 1. The molecular weight excluding hydrogens is 376 g/mol. The smallest absolute Gasteiger partial charge is 0.222 e. The van der Waals surface area contributed by atoms with E-state index in [-0.39, 0.29) is 42.6 Å². The van der Waals surface area contributed by atoms with Crippen LogP contribution in [-0.2, 0) is 17.8 Å². The predicted octanol–water partition coefficient (Wildman–Crippen LogP) is 3.76. The summed E-state index contributed by atoms with van der Waals surface area (Å²) in [4.78, 5) is 18.6. The molecule has 0 fully saturated rings. The van der Waals surface area contributed by atoms with Crippen LogP contribution in [0.5, 0.6) is 0 Å². The van der Waals surface area contributed by atoms with Crippen LogP contribution in [0.1, 0.15) is 31.0 Å². The third-order valence-electron chi connectivity index (χ3n) is 3.82. The van der Waals surface area contributed by atoms with Crippen molar-refractivity contribution >= 4 is 30.7 Å². The summed E-state index contributed by atoms with van der Waals surface area (Å²) in [5.41, 5.74) is 7.61. The molecule has 144 valence electrons. The minimum atomic E-state index is -0.276. The third kappa shape index (κ3) is 8.61. The van der Waals surface area contributed by atoms with E-state index >= 15 is 0 Å². The summed E-state index contributed by atoms with van der Waals surface area (Å²) < 4.78 is 13.1. The van der Waals surface area contributed by atoms with Gasteiger partial charge in [0.1, 0.15) is 5.82 Å². The Labute approximate surface area is 166 Å². The van der Waals surface area contributed by atoms with E-state index in [1.165, 1.54) is 12.1 Å². The molecule has 1 aromatic carbocycles. The third-order valence-corrected chi connectivity index (χ3v) is 3.82. The molecule has 0 aliphatic rings. The quantitative estimate of drug-likeness (QED) is 0.732. The Morgan fingerprint density at radius 1 is 1.19 bits per heavy atom. The molecule has 2 N–H and O–H groups in total. The van der Waals surface area contributed by atoms with E-state index in [1.807, 2.05) is 25.1 Å². The second-order valence-corrected chi connectivity index (χ2v) is 6.03. The number of hydrogen-bond acceptors (Lipinski definition) is 3. The number of halogens is 3. The summed E-state index contributed by atoms with van der Waals surface area (Å²) >= 11 is 0. The molecule has 1 unspecified atom stereocenters. The van der Waals surface area contributed by atoms with Crippen molar-refractivity contribution in [1.82, 2.24) is 9.88 Å². The summed E-state index contributed by atoms with van der Waals surface area (Å²) in [5, 5.41) is 0. The minimum Gasteiger partial charge on any atom is -0.338 e. The van der Waals surface area contributed by atoms with Crippen LogP contribution in [0.15, 0.2) is 48.7 Å². The first-order chi connectivity index (χ1) is 11.5. The van der Waals surface area contributed by atoms with Gasteiger partial charge in [0.15, 0.2) is 0 Å². The van der Waals surface area contributed by atoms with E-state index in [9.17, 15) is 9.18 Å². The summed E-state index contributed by atoms with van der Waals surface area (Å²) in [7, 11) is 0. The van der Waals surface area contributed by atoms with Crippen molar-refractivity contribution in [2.75, 3.05) is 6.54 Å². The number of carbonyl (C=O) groups is 1. The molecule has 2 rings (SSSR count). The highest BCUT2D eigenvalue weighted by Crippen LogP contribution is 2.10. The maximum Gasteiger partial charge on any atom is 0.222 e.